The first-order valence-electron chi connectivity index (χ1n) is 9.30. The topological polar surface area (TPSA) is 91.0 Å². The highest BCUT2D eigenvalue weighted by Gasteiger charge is 2.14. The molecule has 0 atom stereocenters. The first-order chi connectivity index (χ1) is 14.2. The predicted molar refractivity (Wildman–Crippen MR) is 107 cm³/mol. The minimum absolute atomic E-state index is 0.238. The first kappa shape index (κ1) is 20.6. The molecular formula is C22H22N2O5. The van der Waals surface area contributed by atoms with E-state index in [-0.39, 0.29) is 6.61 Å². The molecule has 7 nitrogen and oxygen atoms in total. The fourth-order valence-electron chi connectivity index (χ4n) is 2.91. The molecule has 3 rings (SSSR count). The van der Waals surface area contributed by atoms with E-state index in [9.17, 15) is 9.70 Å². The van der Waals surface area contributed by atoms with E-state index >= 15 is 0 Å². The third-order valence-electron chi connectivity index (χ3n) is 4.31. The van der Waals surface area contributed by atoms with Crippen LogP contribution < -0.4 is 0 Å². The highest BCUT2D eigenvalue weighted by atomic mass is 16.5. The Labute approximate surface area is 168 Å². The monoisotopic (exact) mass is 394 g/mol. The summed E-state index contributed by atoms with van der Waals surface area (Å²) in [7, 11) is 0. The number of rotatable bonds is 10. The fraction of sp³-hybridized carbons (Fsp3) is 0.273. The van der Waals surface area contributed by atoms with E-state index in [0.29, 0.717) is 48.8 Å². The molecule has 1 aromatic heterocycles. The summed E-state index contributed by atoms with van der Waals surface area (Å²) in [5.41, 5.74) is 3.34. The number of nitroso groups, excluding NO2 is 1. The fourth-order valence-corrected chi connectivity index (χ4v) is 2.91. The van der Waals surface area contributed by atoms with Gasteiger partial charge in [0.2, 0.25) is 5.89 Å². The van der Waals surface area contributed by atoms with Crippen molar-refractivity contribution in [2.24, 2.45) is 5.18 Å². The third-order valence-corrected chi connectivity index (χ3v) is 4.31. The summed E-state index contributed by atoms with van der Waals surface area (Å²) in [5.74, 6) is -0.201. The molecule has 1 heterocycles. The molecule has 0 bridgehead atoms. The van der Waals surface area contributed by atoms with Crippen molar-refractivity contribution in [3.63, 3.8) is 0 Å². The second-order valence-corrected chi connectivity index (χ2v) is 6.47. The first-order valence-corrected chi connectivity index (χ1v) is 9.30. The average molecular weight is 394 g/mol. The van der Waals surface area contributed by atoms with Gasteiger partial charge in [0.1, 0.15) is 12.0 Å². The molecule has 0 radical (unpaired) electrons. The minimum Gasteiger partial charge on any atom is -0.444 e. The van der Waals surface area contributed by atoms with Gasteiger partial charge >= 0.3 is 5.91 Å². The lowest BCUT2D eigenvalue weighted by Gasteiger charge is -2.09. The lowest BCUT2D eigenvalue weighted by Crippen LogP contribution is -2.07. The van der Waals surface area contributed by atoms with Gasteiger partial charge in [0.15, 0.2) is 0 Å². The Morgan fingerprint density at radius 1 is 1.03 bits per heavy atom. The zero-order valence-corrected chi connectivity index (χ0v) is 16.2. The van der Waals surface area contributed by atoms with Gasteiger partial charge in [-0.05, 0) is 36.6 Å². The van der Waals surface area contributed by atoms with Gasteiger partial charge in [0.25, 0.3) is 0 Å². The number of oxazole rings is 1. The van der Waals surface area contributed by atoms with Gasteiger partial charge < -0.3 is 13.9 Å². The Morgan fingerprint density at radius 3 is 2.55 bits per heavy atom. The standard InChI is InChI=1S/C22H22N2O5/c1-16-7-5-10-18(20(16)21(25)24-26)13-27-11-6-12-28-14-19-15-29-22(23-19)17-8-3-2-4-9-17/h2-5,7-10,15H,6,11-14H2,1H3. The second kappa shape index (κ2) is 10.4. The number of hydrogen-bond donors (Lipinski definition) is 0. The smallest absolute Gasteiger partial charge is 0.317 e. The summed E-state index contributed by atoms with van der Waals surface area (Å²) < 4.78 is 16.7. The van der Waals surface area contributed by atoms with Crippen LogP contribution in [0.1, 0.15) is 33.6 Å². The van der Waals surface area contributed by atoms with Crippen LogP contribution in [0.4, 0.5) is 0 Å². The number of ether oxygens (including phenoxy) is 2. The molecule has 0 saturated heterocycles. The highest BCUT2D eigenvalue weighted by molar-refractivity contribution is 5.97. The molecule has 29 heavy (non-hydrogen) atoms. The second-order valence-electron chi connectivity index (χ2n) is 6.47. The number of benzene rings is 2. The molecule has 0 fully saturated rings. The summed E-state index contributed by atoms with van der Waals surface area (Å²) >= 11 is 0. The molecule has 0 saturated carbocycles. The summed E-state index contributed by atoms with van der Waals surface area (Å²) in [4.78, 5) is 26.7. The van der Waals surface area contributed by atoms with Crippen molar-refractivity contribution in [3.05, 3.63) is 82.1 Å². The van der Waals surface area contributed by atoms with Crippen molar-refractivity contribution < 1.29 is 18.7 Å². The number of carbonyl (C=O) groups excluding carboxylic acids is 1. The van der Waals surface area contributed by atoms with E-state index in [4.69, 9.17) is 13.9 Å². The Bertz CT molecular complexity index is 953. The number of hydrogen-bond acceptors (Lipinski definition) is 6. The Morgan fingerprint density at radius 2 is 1.79 bits per heavy atom. The van der Waals surface area contributed by atoms with Gasteiger partial charge in [-0.1, -0.05) is 36.4 Å². The summed E-state index contributed by atoms with van der Waals surface area (Å²) in [6.07, 6.45) is 2.28. The Balaban J connectivity index is 1.37. The van der Waals surface area contributed by atoms with Crippen molar-refractivity contribution in [2.75, 3.05) is 13.2 Å². The van der Waals surface area contributed by atoms with Crippen LogP contribution in [0.15, 0.2) is 64.4 Å². The van der Waals surface area contributed by atoms with Crippen LogP contribution >= 0.6 is 0 Å². The van der Waals surface area contributed by atoms with Crippen LogP contribution in [0.2, 0.25) is 0 Å². The van der Waals surface area contributed by atoms with Gasteiger partial charge in [0, 0.05) is 24.0 Å². The van der Waals surface area contributed by atoms with Crippen LogP contribution in [-0.4, -0.2) is 24.1 Å². The molecule has 0 aliphatic heterocycles. The van der Waals surface area contributed by atoms with Gasteiger partial charge in [-0.25, -0.2) is 4.98 Å². The van der Waals surface area contributed by atoms with E-state index in [1.54, 1.807) is 25.3 Å². The van der Waals surface area contributed by atoms with Gasteiger partial charge in [0.05, 0.1) is 18.8 Å². The van der Waals surface area contributed by atoms with Gasteiger partial charge in [-0.15, -0.1) is 4.91 Å². The molecule has 1 amide bonds. The van der Waals surface area contributed by atoms with Crippen molar-refractivity contribution >= 4 is 5.91 Å². The number of nitrogens with zero attached hydrogens (tertiary/aromatic N) is 2. The van der Waals surface area contributed by atoms with E-state index in [1.165, 1.54) is 0 Å². The molecule has 0 aliphatic rings. The van der Waals surface area contributed by atoms with Gasteiger partial charge in [-0.3, -0.25) is 4.79 Å². The van der Waals surface area contributed by atoms with Crippen LogP contribution in [0.25, 0.3) is 11.5 Å². The van der Waals surface area contributed by atoms with Crippen LogP contribution in [0.5, 0.6) is 0 Å². The SMILES string of the molecule is Cc1cccc(COCCCOCc2coc(-c3ccccc3)n2)c1C(=O)N=O. The van der Waals surface area contributed by atoms with Crippen molar-refractivity contribution in [1.82, 2.24) is 4.98 Å². The maximum absolute atomic E-state index is 11.7. The van der Waals surface area contributed by atoms with Crippen molar-refractivity contribution in [3.8, 4) is 11.5 Å². The molecule has 2 aromatic carbocycles. The lowest BCUT2D eigenvalue weighted by atomic mass is 10.0. The molecule has 0 aliphatic carbocycles. The molecule has 0 spiro atoms. The molecule has 0 N–H and O–H groups in total. The molecular weight excluding hydrogens is 372 g/mol. The maximum atomic E-state index is 11.7. The molecule has 7 heteroatoms. The largest absolute Gasteiger partial charge is 0.444 e. The quantitative estimate of drug-likeness (QED) is 0.366. The summed E-state index contributed by atoms with van der Waals surface area (Å²) in [5, 5.41) is 2.52. The number of amides is 1. The minimum atomic E-state index is -0.771. The molecule has 150 valence electrons. The Hall–Kier alpha value is -3.16. The molecule has 0 unspecified atom stereocenters. The van der Waals surface area contributed by atoms with Crippen molar-refractivity contribution in [1.29, 1.82) is 0 Å². The predicted octanol–water partition coefficient (Wildman–Crippen LogP) is 4.68. The normalized spacial score (nSPS) is 10.8. The highest BCUT2D eigenvalue weighted by Crippen LogP contribution is 2.18. The number of aryl methyl sites for hydroxylation is 1. The van der Waals surface area contributed by atoms with E-state index in [2.05, 4.69) is 10.2 Å². The maximum Gasteiger partial charge on any atom is 0.317 e. The average Bonchev–Trinajstić information content (AvgIpc) is 3.22. The van der Waals surface area contributed by atoms with E-state index in [1.807, 2.05) is 36.4 Å². The number of carbonyl (C=O) groups is 1. The van der Waals surface area contributed by atoms with E-state index < -0.39 is 5.91 Å². The zero-order valence-electron chi connectivity index (χ0n) is 16.2. The lowest BCUT2D eigenvalue weighted by molar-refractivity contribution is 0.0679. The zero-order chi connectivity index (χ0) is 20.5. The van der Waals surface area contributed by atoms with E-state index in [0.717, 1.165) is 11.3 Å². The van der Waals surface area contributed by atoms with Gasteiger partial charge in [-0.2, -0.15) is 0 Å². The summed E-state index contributed by atoms with van der Waals surface area (Å²) in [6, 6.07) is 15.0. The number of aromatic nitrogens is 1. The van der Waals surface area contributed by atoms with Crippen LogP contribution in [-0.2, 0) is 22.7 Å². The third kappa shape index (κ3) is 5.66. The van der Waals surface area contributed by atoms with Crippen LogP contribution in [0, 0.1) is 11.8 Å². The van der Waals surface area contributed by atoms with Crippen molar-refractivity contribution in [2.45, 2.75) is 26.6 Å². The molecule has 3 aromatic rings. The Kier molecular flexibility index (Phi) is 7.38. The van der Waals surface area contributed by atoms with Crippen LogP contribution in [0.3, 0.4) is 0 Å². The summed E-state index contributed by atoms with van der Waals surface area (Å²) in [6.45, 7) is 3.33.